The monoisotopic (exact) mass is 393 g/mol. The summed E-state index contributed by atoms with van der Waals surface area (Å²) in [7, 11) is -2.04. The Morgan fingerprint density at radius 2 is 2.04 bits per heavy atom. The maximum Gasteiger partial charge on any atom is 0.412 e. The second kappa shape index (κ2) is 11.5. The number of rotatable bonds is 8. The van der Waals surface area contributed by atoms with Crippen LogP contribution in [0.1, 0.15) is 59.3 Å². The molecule has 0 aromatic rings. The molecule has 9 heteroatoms. The molecule has 1 aliphatic rings. The summed E-state index contributed by atoms with van der Waals surface area (Å²) in [5, 5.41) is 2.09. The summed E-state index contributed by atoms with van der Waals surface area (Å²) in [4.78, 5) is 41.1. The van der Waals surface area contributed by atoms with Gasteiger partial charge >= 0.3 is 12.1 Å². The van der Waals surface area contributed by atoms with Crippen LogP contribution in [0.2, 0.25) is 0 Å². The Morgan fingerprint density at radius 3 is 2.65 bits per heavy atom. The molecule has 1 aliphatic carbocycles. The van der Waals surface area contributed by atoms with Gasteiger partial charge in [0.25, 0.3) is 0 Å². The largest absolute Gasteiger partial charge is 0.425 e. The number of nitrogens with one attached hydrogen (secondary N) is 1. The molecule has 150 valence electrons. The van der Waals surface area contributed by atoms with Gasteiger partial charge in [-0.1, -0.05) is 19.4 Å². The van der Waals surface area contributed by atoms with Crippen molar-refractivity contribution in [3.8, 4) is 0 Å². The fourth-order valence-electron chi connectivity index (χ4n) is 2.81. The van der Waals surface area contributed by atoms with E-state index in [2.05, 4.69) is 5.32 Å². The summed E-state index contributed by atoms with van der Waals surface area (Å²) in [5.41, 5.74) is 1.00. The summed E-state index contributed by atoms with van der Waals surface area (Å²) >= 11 is 0. The minimum absolute atomic E-state index is 0.139. The number of hydrogen-bond donors (Lipinski definition) is 3. The molecule has 0 spiro atoms. The molecular formula is C17H29FNO6P. The van der Waals surface area contributed by atoms with Crippen LogP contribution in [0.25, 0.3) is 0 Å². The van der Waals surface area contributed by atoms with Gasteiger partial charge < -0.3 is 19.3 Å². The minimum atomic E-state index is -2.04. The molecule has 0 heterocycles. The lowest BCUT2D eigenvalue weighted by atomic mass is 9.83. The zero-order valence-electron chi connectivity index (χ0n) is 15.5. The van der Waals surface area contributed by atoms with Crippen LogP contribution in [0.4, 0.5) is 9.18 Å². The molecule has 0 bridgehead atoms. The lowest BCUT2D eigenvalue weighted by Gasteiger charge is -2.25. The van der Waals surface area contributed by atoms with Gasteiger partial charge in [-0.25, -0.2) is 9.18 Å². The Balaban J connectivity index is 2.29. The van der Waals surface area contributed by atoms with Crippen molar-refractivity contribution >= 4 is 20.4 Å². The highest BCUT2D eigenvalue weighted by Crippen LogP contribution is 2.37. The average molecular weight is 393 g/mol. The number of allylic oxidation sites excluding steroid dienone is 1. The first-order chi connectivity index (χ1) is 12.2. The molecule has 3 N–H and O–H groups in total. The van der Waals surface area contributed by atoms with Crippen molar-refractivity contribution in [3.63, 3.8) is 0 Å². The van der Waals surface area contributed by atoms with Gasteiger partial charge in [0, 0.05) is 6.92 Å². The summed E-state index contributed by atoms with van der Waals surface area (Å²) in [6, 6.07) is 0. The summed E-state index contributed by atoms with van der Waals surface area (Å²) in [6.07, 6.45) is 0.540. The molecule has 0 radical (unpaired) electrons. The van der Waals surface area contributed by atoms with Crippen molar-refractivity contribution in [3.05, 3.63) is 11.4 Å². The maximum atomic E-state index is 13.9. The number of carbonyl (C=O) groups is 2. The van der Waals surface area contributed by atoms with Gasteiger partial charge in [0.1, 0.15) is 0 Å². The van der Waals surface area contributed by atoms with Crippen LogP contribution in [0.3, 0.4) is 0 Å². The Hall–Kier alpha value is -1.24. The third-order valence-electron chi connectivity index (χ3n) is 4.09. The number of amides is 1. The quantitative estimate of drug-likeness (QED) is 0.251. The van der Waals surface area contributed by atoms with E-state index < -0.39 is 33.0 Å². The molecule has 3 atom stereocenters. The Labute approximate surface area is 154 Å². The zero-order valence-corrected chi connectivity index (χ0v) is 16.4. The molecule has 0 aliphatic heterocycles. The number of alkyl carbamates (subject to hydrolysis) is 1. The third-order valence-corrected chi connectivity index (χ3v) is 4.68. The van der Waals surface area contributed by atoms with Crippen molar-refractivity contribution in [2.24, 2.45) is 11.8 Å². The van der Waals surface area contributed by atoms with Crippen LogP contribution in [-0.2, 0) is 14.3 Å². The normalized spacial score (nSPS) is 21.5. The maximum absolute atomic E-state index is 13.9. The molecular weight excluding hydrogens is 364 g/mol. The van der Waals surface area contributed by atoms with E-state index in [-0.39, 0.29) is 18.3 Å². The van der Waals surface area contributed by atoms with E-state index in [0.29, 0.717) is 6.42 Å². The molecule has 1 amide bonds. The van der Waals surface area contributed by atoms with Gasteiger partial charge in [0.15, 0.2) is 14.7 Å². The number of ether oxygens (including phenoxy) is 2. The fourth-order valence-corrected chi connectivity index (χ4v) is 3.37. The Morgan fingerprint density at radius 1 is 1.35 bits per heavy atom. The summed E-state index contributed by atoms with van der Waals surface area (Å²) in [6.45, 7) is 4.70. The first-order valence-corrected chi connectivity index (χ1v) is 10.2. The Bertz CT molecular complexity index is 500. The topological polar surface area (TPSA) is 105 Å². The molecule has 7 nitrogen and oxygen atoms in total. The molecule has 26 heavy (non-hydrogen) atoms. The number of esters is 1. The summed E-state index contributed by atoms with van der Waals surface area (Å²) in [5.74, 6) is 0.898. The minimum Gasteiger partial charge on any atom is -0.425 e. The number of alkyl halides is 1. The van der Waals surface area contributed by atoms with Crippen LogP contribution < -0.4 is 5.32 Å². The smallest absolute Gasteiger partial charge is 0.412 e. The van der Waals surface area contributed by atoms with Crippen molar-refractivity contribution in [1.82, 2.24) is 5.32 Å². The third kappa shape index (κ3) is 9.46. The van der Waals surface area contributed by atoms with Crippen molar-refractivity contribution in [2.45, 2.75) is 71.9 Å². The lowest BCUT2D eigenvalue weighted by molar-refractivity contribution is -0.168. The molecule has 1 rings (SSSR count). The van der Waals surface area contributed by atoms with E-state index in [1.165, 1.54) is 12.7 Å². The van der Waals surface area contributed by atoms with Crippen LogP contribution in [0, 0.1) is 11.8 Å². The number of carbonyl (C=O) groups excluding carboxylic acids is 2. The van der Waals surface area contributed by atoms with E-state index in [0.717, 1.165) is 31.3 Å². The number of halogens is 1. The van der Waals surface area contributed by atoms with E-state index in [9.17, 15) is 14.0 Å². The van der Waals surface area contributed by atoms with Crippen molar-refractivity contribution in [1.29, 1.82) is 0 Å². The number of hydrogen-bond acceptors (Lipinski definition) is 6. The van der Waals surface area contributed by atoms with Gasteiger partial charge in [-0.3, -0.25) is 10.1 Å². The van der Waals surface area contributed by atoms with Gasteiger partial charge in [-0.2, -0.15) is 0 Å². The predicted molar refractivity (Wildman–Crippen MR) is 95.5 cm³/mol. The van der Waals surface area contributed by atoms with Gasteiger partial charge in [0.05, 0.1) is 5.92 Å². The van der Waals surface area contributed by atoms with Crippen LogP contribution in [-0.4, -0.2) is 34.4 Å². The Kier molecular flexibility index (Phi) is 10.1. The molecule has 3 unspecified atom stereocenters. The van der Waals surface area contributed by atoms with Crippen molar-refractivity contribution < 1.29 is 33.2 Å². The van der Waals surface area contributed by atoms with Gasteiger partial charge in [-0.05, 0) is 50.3 Å². The average Bonchev–Trinajstić information content (AvgIpc) is 2.52. The molecule has 1 fully saturated rings. The van der Waals surface area contributed by atoms with Crippen LogP contribution in [0.5, 0.6) is 0 Å². The van der Waals surface area contributed by atoms with Crippen LogP contribution >= 0.6 is 8.38 Å². The first-order valence-electron chi connectivity index (χ1n) is 8.85. The van der Waals surface area contributed by atoms with E-state index in [1.807, 2.05) is 0 Å². The van der Waals surface area contributed by atoms with E-state index in [4.69, 9.17) is 19.3 Å². The molecule has 0 aromatic carbocycles. The highest BCUT2D eigenvalue weighted by atomic mass is 31.2. The second-order valence-electron chi connectivity index (χ2n) is 6.82. The van der Waals surface area contributed by atoms with Crippen molar-refractivity contribution in [2.75, 3.05) is 0 Å². The molecule has 0 aromatic heterocycles. The fraction of sp³-hybridized carbons (Fsp3) is 0.765. The standard InChI is InChI=1S/C17H29FNO6P/c1-11(2)16(20)24-12(3)25-17(21)19-15(18)8-7-13-5-4-6-14(9-13)10-26(22)23/h10-13,15,22-23H,4-9H2,1-3H3,(H,19,21). The molecule has 0 saturated heterocycles. The molecule has 1 saturated carbocycles. The van der Waals surface area contributed by atoms with E-state index in [1.54, 1.807) is 13.8 Å². The second-order valence-corrected chi connectivity index (χ2v) is 7.72. The highest BCUT2D eigenvalue weighted by Gasteiger charge is 2.22. The highest BCUT2D eigenvalue weighted by molar-refractivity contribution is 7.48. The lowest BCUT2D eigenvalue weighted by Crippen LogP contribution is -2.36. The van der Waals surface area contributed by atoms with Gasteiger partial charge in [-0.15, -0.1) is 0 Å². The first kappa shape index (κ1) is 22.8. The zero-order chi connectivity index (χ0) is 19.7. The van der Waals surface area contributed by atoms with E-state index >= 15 is 0 Å². The van der Waals surface area contributed by atoms with Gasteiger partial charge in [0.2, 0.25) is 6.29 Å². The summed E-state index contributed by atoms with van der Waals surface area (Å²) < 4.78 is 23.6. The predicted octanol–water partition coefficient (Wildman–Crippen LogP) is 3.70. The van der Waals surface area contributed by atoms with Crippen LogP contribution in [0.15, 0.2) is 11.4 Å². The SMILES string of the molecule is CC(OC(=O)NC(F)CCC1CCCC(=CP(O)O)C1)OC(=O)C(C)C.